The van der Waals surface area contributed by atoms with Crippen LogP contribution in [0.3, 0.4) is 0 Å². The highest BCUT2D eigenvalue weighted by Crippen LogP contribution is 2.08. The van der Waals surface area contributed by atoms with Crippen LogP contribution in [-0.2, 0) is 14.3 Å². The number of carbonyl (C=O) groups is 3. The van der Waals surface area contributed by atoms with E-state index < -0.39 is 0 Å². The van der Waals surface area contributed by atoms with Crippen molar-refractivity contribution >= 4 is 17.7 Å². The molecule has 0 heterocycles. The predicted molar refractivity (Wildman–Crippen MR) is 78.8 cm³/mol. The van der Waals surface area contributed by atoms with Gasteiger partial charge in [0.25, 0.3) is 0 Å². The molecule has 0 N–H and O–H groups in total. The van der Waals surface area contributed by atoms with Gasteiger partial charge in [0.1, 0.15) is 0 Å². The maximum absolute atomic E-state index is 11.9. The van der Waals surface area contributed by atoms with Crippen molar-refractivity contribution in [2.75, 3.05) is 20.7 Å². The fourth-order valence-corrected chi connectivity index (χ4v) is 1.97. The normalized spacial score (nSPS) is 11.6. The lowest BCUT2D eigenvalue weighted by Gasteiger charge is -2.20. The SMILES string of the molecule is COC(=O)C(C)CN(C)C(=O)CCC(=O)c1ccccc1. The van der Waals surface area contributed by atoms with Gasteiger partial charge in [0.2, 0.25) is 5.91 Å². The summed E-state index contributed by atoms with van der Waals surface area (Å²) in [6.45, 7) is 1.98. The topological polar surface area (TPSA) is 63.7 Å². The third-order valence-electron chi connectivity index (χ3n) is 3.24. The summed E-state index contributed by atoms with van der Waals surface area (Å²) in [5, 5.41) is 0. The zero-order chi connectivity index (χ0) is 15.8. The minimum Gasteiger partial charge on any atom is -0.469 e. The number of ether oxygens (including phenoxy) is 1. The standard InChI is InChI=1S/C16H21NO4/c1-12(16(20)21-3)11-17(2)15(19)10-9-14(18)13-7-5-4-6-8-13/h4-8,12H,9-11H2,1-3H3. The zero-order valence-electron chi connectivity index (χ0n) is 12.7. The van der Waals surface area contributed by atoms with Crippen molar-refractivity contribution in [2.45, 2.75) is 19.8 Å². The Bertz CT molecular complexity index is 498. The lowest BCUT2D eigenvalue weighted by atomic mass is 10.1. The first-order valence-corrected chi connectivity index (χ1v) is 6.85. The van der Waals surface area contributed by atoms with Gasteiger partial charge in [-0.05, 0) is 0 Å². The summed E-state index contributed by atoms with van der Waals surface area (Å²) in [5.74, 6) is -0.947. The molecule has 5 nitrogen and oxygen atoms in total. The third-order valence-corrected chi connectivity index (χ3v) is 3.24. The van der Waals surface area contributed by atoms with Gasteiger partial charge in [-0.25, -0.2) is 0 Å². The number of rotatable bonds is 7. The van der Waals surface area contributed by atoms with Crippen LogP contribution in [0.25, 0.3) is 0 Å². The molecule has 0 spiro atoms. The molecule has 0 fully saturated rings. The number of ketones is 1. The molecule has 1 aromatic rings. The quantitative estimate of drug-likeness (QED) is 0.568. The number of hydrogen-bond acceptors (Lipinski definition) is 4. The first kappa shape index (κ1) is 16.9. The second-order valence-corrected chi connectivity index (χ2v) is 4.99. The van der Waals surface area contributed by atoms with Crippen LogP contribution in [0.15, 0.2) is 30.3 Å². The minimum atomic E-state index is -0.381. The van der Waals surface area contributed by atoms with Gasteiger partial charge in [0.05, 0.1) is 13.0 Å². The molecule has 114 valence electrons. The van der Waals surface area contributed by atoms with Crippen molar-refractivity contribution in [3.05, 3.63) is 35.9 Å². The summed E-state index contributed by atoms with van der Waals surface area (Å²) in [7, 11) is 2.94. The average Bonchev–Trinajstić information content (AvgIpc) is 2.51. The molecule has 1 aromatic carbocycles. The van der Waals surface area contributed by atoms with Gasteiger partial charge in [0.15, 0.2) is 5.78 Å². The van der Waals surface area contributed by atoms with Gasteiger partial charge in [-0.1, -0.05) is 37.3 Å². The van der Waals surface area contributed by atoms with Gasteiger partial charge < -0.3 is 9.64 Å². The van der Waals surface area contributed by atoms with Crippen LogP contribution < -0.4 is 0 Å². The molecule has 1 unspecified atom stereocenters. The number of Topliss-reactive ketones (excluding diaryl/α,β-unsaturated/α-hetero) is 1. The molecule has 1 rings (SSSR count). The summed E-state index contributed by atoms with van der Waals surface area (Å²) < 4.78 is 4.62. The highest BCUT2D eigenvalue weighted by atomic mass is 16.5. The van der Waals surface area contributed by atoms with E-state index in [0.29, 0.717) is 5.56 Å². The van der Waals surface area contributed by atoms with E-state index in [4.69, 9.17) is 0 Å². The molecule has 21 heavy (non-hydrogen) atoms. The average molecular weight is 291 g/mol. The van der Waals surface area contributed by atoms with E-state index in [1.165, 1.54) is 12.0 Å². The number of methoxy groups -OCH3 is 1. The Morgan fingerprint density at radius 1 is 1.14 bits per heavy atom. The molecule has 5 heteroatoms. The minimum absolute atomic E-state index is 0.0571. The number of nitrogens with zero attached hydrogens (tertiary/aromatic N) is 1. The Kier molecular flexibility index (Phi) is 6.59. The van der Waals surface area contributed by atoms with Gasteiger partial charge in [-0.3, -0.25) is 14.4 Å². The van der Waals surface area contributed by atoms with Crippen LogP contribution in [0.5, 0.6) is 0 Å². The Morgan fingerprint density at radius 2 is 1.76 bits per heavy atom. The smallest absolute Gasteiger partial charge is 0.310 e. The van der Waals surface area contributed by atoms with Crippen molar-refractivity contribution < 1.29 is 19.1 Å². The van der Waals surface area contributed by atoms with Crippen LogP contribution in [-0.4, -0.2) is 43.3 Å². The van der Waals surface area contributed by atoms with Gasteiger partial charge in [0, 0.05) is 32.0 Å². The van der Waals surface area contributed by atoms with Crippen LogP contribution in [0.4, 0.5) is 0 Å². The van der Waals surface area contributed by atoms with Gasteiger partial charge in [-0.15, -0.1) is 0 Å². The van der Waals surface area contributed by atoms with Crippen LogP contribution in [0, 0.1) is 5.92 Å². The number of hydrogen-bond donors (Lipinski definition) is 0. The summed E-state index contributed by atoms with van der Waals surface area (Å²) in [6.07, 6.45) is 0.303. The molecule has 0 saturated carbocycles. The van der Waals surface area contributed by atoms with Crippen LogP contribution in [0.2, 0.25) is 0 Å². The lowest BCUT2D eigenvalue weighted by molar-refractivity contribution is -0.146. The second-order valence-electron chi connectivity index (χ2n) is 4.99. The second kappa shape index (κ2) is 8.19. The molecule has 0 radical (unpaired) electrons. The molecule has 1 atom stereocenters. The zero-order valence-corrected chi connectivity index (χ0v) is 12.7. The molecule has 1 amide bonds. The highest BCUT2D eigenvalue weighted by molar-refractivity contribution is 5.97. The summed E-state index contributed by atoms with van der Waals surface area (Å²) in [4.78, 5) is 36.6. The fourth-order valence-electron chi connectivity index (χ4n) is 1.97. The Labute approximate surface area is 124 Å². The van der Waals surface area contributed by atoms with Crippen molar-refractivity contribution in [3.8, 4) is 0 Å². The molecule has 0 aliphatic heterocycles. The molecular weight excluding hydrogens is 270 g/mol. The molecule has 0 aliphatic rings. The van der Waals surface area contributed by atoms with E-state index in [2.05, 4.69) is 4.74 Å². The van der Waals surface area contributed by atoms with Crippen molar-refractivity contribution in [3.63, 3.8) is 0 Å². The number of carbonyl (C=O) groups excluding carboxylic acids is 3. The molecular formula is C16H21NO4. The van der Waals surface area contributed by atoms with Crippen molar-refractivity contribution in [1.29, 1.82) is 0 Å². The van der Waals surface area contributed by atoms with E-state index in [0.717, 1.165) is 0 Å². The summed E-state index contributed by atoms with van der Waals surface area (Å²) in [6, 6.07) is 8.88. The largest absolute Gasteiger partial charge is 0.469 e. The molecule has 0 aromatic heterocycles. The predicted octanol–water partition coefficient (Wildman–Crippen LogP) is 1.92. The Balaban J connectivity index is 2.43. The van der Waals surface area contributed by atoms with Crippen LogP contribution >= 0.6 is 0 Å². The van der Waals surface area contributed by atoms with Crippen molar-refractivity contribution in [1.82, 2.24) is 4.90 Å². The first-order valence-electron chi connectivity index (χ1n) is 6.85. The first-order chi connectivity index (χ1) is 9.95. The van der Waals surface area contributed by atoms with Crippen LogP contribution in [0.1, 0.15) is 30.1 Å². The summed E-state index contributed by atoms with van der Waals surface area (Å²) >= 11 is 0. The van der Waals surface area contributed by atoms with E-state index in [1.807, 2.05) is 6.07 Å². The van der Waals surface area contributed by atoms with Gasteiger partial charge >= 0.3 is 5.97 Å². The number of amides is 1. The monoisotopic (exact) mass is 291 g/mol. The molecule has 0 bridgehead atoms. The number of benzene rings is 1. The fraction of sp³-hybridized carbons (Fsp3) is 0.438. The van der Waals surface area contributed by atoms with Crippen molar-refractivity contribution in [2.24, 2.45) is 5.92 Å². The molecule has 0 aliphatic carbocycles. The van der Waals surface area contributed by atoms with E-state index >= 15 is 0 Å². The molecule has 0 saturated heterocycles. The number of esters is 1. The van der Waals surface area contributed by atoms with E-state index in [1.54, 1.807) is 38.2 Å². The third kappa shape index (κ3) is 5.38. The summed E-state index contributed by atoms with van der Waals surface area (Å²) in [5.41, 5.74) is 0.607. The van der Waals surface area contributed by atoms with E-state index in [9.17, 15) is 14.4 Å². The van der Waals surface area contributed by atoms with E-state index in [-0.39, 0.29) is 43.0 Å². The lowest BCUT2D eigenvalue weighted by Crippen LogP contribution is -2.34. The Morgan fingerprint density at radius 3 is 2.33 bits per heavy atom. The maximum Gasteiger partial charge on any atom is 0.310 e. The highest BCUT2D eigenvalue weighted by Gasteiger charge is 2.19. The maximum atomic E-state index is 11.9. The van der Waals surface area contributed by atoms with Gasteiger partial charge in [-0.2, -0.15) is 0 Å². The Hall–Kier alpha value is -2.17.